The molecule has 0 aliphatic heterocycles. The van der Waals surface area contributed by atoms with E-state index in [1.165, 1.54) is 89.9 Å². The number of carboxylic acid groups (broad SMARTS) is 2. The van der Waals surface area contributed by atoms with Crippen LogP contribution in [0.5, 0.6) is 0 Å². The Morgan fingerprint density at radius 3 is 1.10 bits per heavy atom. The molecule has 0 heterocycles. The number of hydrogen-bond donors (Lipinski definition) is 3. The molecule has 1 unspecified atom stereocenters. The molecule has 0 aromatic heterocycles. The van der Waals surface area contributed by atoms with E-state index in [4.69, 9.17) is 14.8 Å². The van der Waals surface area contributed by atoms with Crippen LogP contribution in [-0.2, 0) is 19.7 Å². The number of hydrogen-bond acceptors (Lipinski definition) is 4. The topological polar surface area (TPSA) is 129 Å². The molecule has 0 aromatic rings. The summed E-state index contributed by atoms with van der Waals surface area (Å²) in [5.41, 5.74) is 0. The SMILES string of the molecule is CCCCCCCCCCCCCCCC.O=C(O)CC(C(=O)O)S(=O)(=O)O.[NaH]. The van der Waals surface area contributed by atoms with E-state index in [2.05, 4.69) is 13.8 Å². The molecule has 0 aromatic carbocycles. The van der Waals surface area contributed by atoms with E-state index >= 15 is 0 Å². The molecule has 0 saturated carbocycles. The number of carboxylic acids is 2. The summed E-state index contributed by atoms with van der Waals surface area (Å²) >= 11 is 0. The molecule has 29 heavy (non-hydrogen) atoms. The first-order valence-corrected chi connectivity index (χ1v) is 12.1. The second-order valence-electron chi connectivity index (χ2n) is 7.18. The van der Waals surface area contributed by atoms with Gasteiger partial charge in [-0.1, -0.05) is 104 Å². The van der Waals surface area contributed by atoms with Crippen molar-refractivity contribution in [1.29, 1.82) is 0 Å². The molecule has 7 nitrogen and oxygen atoms in total. The molecular formula is C20H41NaO7S. The van der Waals surface area contributed by atoms with Crippen LogP contribution < -0.4 is 0 Å². The van der Waals surface area contributed by atoms with E-state index < -0.39 is 33.7 Å². The Bertz CT molecular complexity index is 481. The van der Waals surface area contributed by atoms with Crippen molar-refractivity contribution in [3.8, 4) is 0 Å². The van der Waals surface area contributed by atoms with Crippen molar-refractivity contribution < 1.29 is 32.8 Å². The van der Waals surface area contributed by atoms with E-state index in [1.807, 2.05) is 0 Å². The van der Waals surface area contributed by atoms with E-state index in [9.17, 15) is 18.0 Å². The molecule has 0 amide bonds. The maximum absolute atomic E-state index is 10.2. The van der Waals surface area contributed by atoms with Crippen LogP contribution in [0.25, 0.3) is 0 Å². The quantitative estimate of drug-likeness (QED) is 0.168. The monoisotopic (exact) mass is 448 g/mol. The fraction of sp³-hybridized carbons (Fsp3) is 0.900. The minimum atomic E-state index is -4.84. The zero-order chi connectivity index (χ0) is 21.8. The number of aliphatic carboxylic acids is 2. The van der Waals surface area contributed by atoms with E-state index in [0.717, 1.165) is 0 Å². The molecule has 0 aliphatic carbocycles. The average molecular weight is 449 g/mol. The van der Waals surface area contributed by atoms with Crippen molar-refractivity contribution in [3.63, 3.8) is 0 Å². The second kappa shape index (κ2) is 22.5. The summed E-state index contributed by atoms with van der Waals surface area (Å²) in [6.07, 6.45) is 19.3. The Morgan fingerprint density at radius 1 is 0.690 bits per heavy atom. The zero-order valence-electron chi connectivity index (χ0n) is 17.6. The summed E-state index contributed by atoms with van der Waals surface area (Å²) in [6, 6.07) is 0. The molecule has 3 N–H and O–H groups in total. The second-order valence-corrected chi connectivity index (χ2v) is 8.78. The van der Waals surface area contributed by atoms with Crippen molar-refractivity contribution in [2.75, 3.05) is 0 Å². The third-order valence-corrected chi connectivity index (χ3v) is 5.54. The molecule has 0 rings (SSSR count). The Labute approximate surface area is 199 Å². The third-order valence-electron chi connectivity index (χ3n) is 4.45. The van der Waals surface area contributed by atoms with Crippen LogP contribution in [0.15, 0.2) is 0 Å². The maximum atomic E-state index is 10.2. The molecule has 0 bridgehead atoms. The summed E-state index contributed by atoms with van der Waals surface area (Å²) in [5.74, 6) is -3.50. The van der Waals surface area contributed by atoms with Gasteiger partial charge in [-0.05, 0) is 0 Å². The molecule has 9 heteroatoms. The van der Waals surface area contributed by atoms with Gasteiger partial charge in [0, 0.05) is 0 Å². The third kappa shape index (κ3) is 25.8. The van der Waals surface area contributed by atoms with Crippen LogP contribution in [0.4, 0.5) is 0 Å². The Kier molecular flexibility index (Phi) is 26.0. The van der Waals surface area contributed by atoms with Crippen LogP contribution in [0.2, 0.25) is 0 Å². The molecule has 0 fully saturated rings. The molecular weight excluding hydrogens is 407 g/mol. The molecule has 1 atom stereocenters. The van der Waals surface area contributed by atoms with E-state index in [-0.39, 0.29) is 29.6 Å². The minimum absolute atomic E-state index is 0. The molecule has 170 valence electrons. The van der Waals surface area contributed by atoms with Gasteiger partial charge >= 0.3 is 41.5 Å². The number of carbonyl (C=O) groups is 2. The van der Waals surface area contributed by atoms with Crippen LogP contribution >= 0.6 is 0 Å². The van der Waals surface area contributed by atoms with Crippen LogP contribution in [0.3, 0.4) is 0 Å². The predicted molar refractivity (Wildman–Crippen MR) is 118 cm³/mol. The normalized spacial score (nSPS) is 11.7. The summed E-state index contributed by atoms with van der Waals surface area (Å²) in [4.78, 5) is 20.0. The fourth-order valence-electron chi connectivity index (χ4n) is 2.75. The zero-order valence-corrected chi connectivity index (χ0v) is 18.4. The van der Waals surface area contributed by atoms with Gasteiger partial charge in [-0.3, -0.25) is 14.1 Å². The summed E-state index contributed by atoms with van der Waals surface area (Å²) in [5, 5.41) is 13.9. The van der Waals surface area contributed by atoms with Crippen molar-refractivity contribution in [3.05, 3.63) is 0 Å². The molecule has 0 saturated heterocycles. The van der Waals surface area contributed by atoms with Gasteiger partial charge in [-0.15, -0.1) is 0 Å². The van der Waals surface area contributed by atoms with Gasteiger partial charge in [0.05, 0.1) is 6.42 Å². The first-order chi connectivity index (χ1) is 13.2. The Balaban J connectivity index is -0.000000468. The summed E-state index contributed by atoms with van der Waals surface area (Å²) in [7, 11) is -4.84. The van der Waals surface area contributed by atoms with Crippen LogP contribution in [-0.4, -0.2) is 69.9 Å². The van der Waals surface area contributed by atoms with Gasteiger partial charge in [-0.25, -0.2) is 0 Å². The average Bonchev–Trinajstić information content (AvgIpc) is 2.60. The molecule has 0 radical (unpaired) electrons. The molecule has 0 aliphatic rings. The van der Waals surface area contributed by atoms with Crippen molar-refractivity contribution in [2.45, 2.75) is 115 Å². The van der Waals surface area contributed by atoms with Crippen LogP contribution in [0.1, 0.15) is 110 Å². The van der Waals surface area contributed by atoms with Crippen molar-refractivity contribution in [2.24, 2.45) is 0 Å². The first-order valence-electron chi connectivity index (χ1n) is 10.6. The standard InChI is InChI=1S/C16H34.C4H6O7S.Na.H/c1-3-5-7-9-11-13-15-16-14-12-10-8-6-4-2;5-3(6)1-2(4(7)8)12(9,10)11;;/h3-16H2,1-2H3;2H,1H2,(H,5,6)(H,7,8)(H,9,10,11);;. The number of unbranched alkanes of at least 4 members (excludes halogenated alkanes) is 13. The van der Waals surface area contributed by atoms with E-state index in [0.29, 0.717) is 0 Å². The Morgan fingerprint density at radius 2 is 0.966 bits per heavy atom. The van der Waals surface area contributed by atoms with Gasteiger partial charge in [0.25, 0.3) is 10.1 Å². The van der Waals surface area contributed by atoms with Gasteiger partial charge in [0.15, 0.2) is 5.25 Å². The summed E-state index contributed by atoms with van der Waals surface area (Å²) in [6.45, 7) is 4.58. The Hall–Kier alpha value is -0.150. The van der Waals surface area contributed by atoms with Gasteiger partial charge in [0.1, 0.15) is 0 Å². The first kappa shape index (κ1) is 33.5. The fourth-order valence-corrected chi connectivity index (χ4v) is 3.35. The molecule has 0 spiro atoms. The predicted octanol–water partition coefficient (Wildman–Crippen LogP) is 4.64. The van der Waals surface area contributed by atoms with E-state index in [1.54, 1.807) is 0 Å². The van der Waals surface area contributed by atoms with Crippen LogP contribution in [0, 0.1) is 0 Å². The van der Waals surface area contributed by atoms with Crippen molar-refractivity contribution in [1.82, 2.24) is 0 Å². The summed E-state index contributed by atoms with van der Waals surface area (Å²) < 4.78 is 28.7. The van der Waals surface area contributed by atoms with Gasteiger partial charge < -0.3 is 10.2 Å². The van der Waals surface area contributed by atoms with Gasteiger partial charge in [-0.2, -0.15) is 8.42 Å². The number of rotatable bonds is 17. The van der Waals surface area contributed by atoms with Crippen molar-refractivity contribution >= 4 is 51.6 Å². The van der Waals surface area contributed by atoms with Gasteiger partial charge in [0.2, 0.25) is 0 Å².